The summed E-state index contributed by atoms with van der Waals surface area (Å²) >= 11 is 0. The number of benzene rings is 1. The average Bonchev–Trinajstić information content (AvgIpc) is 2.71. The van der Waals surface area contributed by atoms with E-state index in [2.05, 4.69) is 10.6 Å². The van der Waals surface area contributed by atoms with E-state index in [1.807, 2.05) is 0 Å². The second-order valence-electron chi connectivity index (χ2n) is 4.33. The summed E-state index contributed by atoms with van der Waals surface area (Å²) < 4.78 is 11.3. The molecule has 0 saturated heterocycles. The van der Waals surface area contributed by atoms with Crippen LogP contribution in [0.25, 0.3) is 11.1 Å². The molecule has 8 heteroatoms. The molecular formula is C13H18ClN3O4. The number of halogens is 1. The van der Waals surface area contributed by atoms with Crippen molar-refractivity contribution in [3.05, 3.63) is 28.7 Å². The van der Waals surface area contributed by atoms with Gasteiger partial charge in [0.05, 0.1) is 18.7 Å². The third-order valence-electron chi connectivity index (χ3n) is 2.84. The standard InChI is InChI=1S/C13H17N3O4.ClH/c1-16-10-7-9(3-4-11(10)20-13(16)18)15-12(17)8-14-5-6-19-2;/h3-4,7,14H,5-6,8H2,1-2H3,(H,15,17);1H. The molecule has 1 amide bonds. The van der Waals surface area contributed by atoms with Gasteiger partial charge in [0.15, 0.2) is 5.58 Å². The van der Waals surface area contributed by atoms with Crippen LogP contribution in [-0.4, -0.2) is 37.3 Å². The maximum absolute atomic E-state index is 11.7. The molecule has 116 valence electrons. The van der Waals surface area contributed by atoms with Gasteiger partial charge >= 0.3 is 5.76 Å². The first kappa shape index (κ1) is 17.2. The molecule has 2 rings (SSSR count). The lowest BCUT2D eigenvalue weighted by Crippen LogP contribution is -2.30. The van der Waals surface area contributed by atoms with Gasteiger partial charge in [-0.2, -0.15) is 0 Å². The number of rotatable bonds is 6. The number of carbonyl (C=O) groups is 1. The van der Waals surface area contributed by atoms with Crippen molar-refractivity contribution in [1.82, 2.24) is 9.88 Å². The highest BCUT2D eigenvalue weighted by molar-refractivity contribution is 5.94. The maximum Gasteiger partial charge on any atom is 0.419 e. The molecule has 1 aromatic carbocycles. The van der Waals surface area contributed by atoms with Crippen molar-refractivity contribution in [2.24, 2.45) is 7.05 Å². The van der Waals surface area contributed by atoms with Crippen molar-refractivity contribution >= 4 is 35.1 Å². The Hall–Kier alpha value is -1.83. The Kier molecular flexibility index (Phi) is 6.41. The first-order valence-corrected chi connectivity index (χ1v) is 6.21. The summed E-state index contributed by atoms with van der Waals surface area (Å²) in [6.07, 6.45) is 0. The molecule has 0 saturated carbocycles. The van der Waals surface area contributed by atoms with E-state index in [1.165, 1.54) is 4.57 Å². The molecule has 1 aromatic heterocycles. The molecule has 0 aliphatic rings. The van der Waals surface area contributed by atoms with Gasteiger partial charge in [-0.05, 0) is 18.2 Å². The number of hydrogen-bond donors (Lipinski definition) is 2. The van der Waals surface area contributed by atoms with Crippen LogP contribution in [0.3, 0.4) is 0 Å². The summed E-state index contributed by atoms with van der Waals surface area (Å²) in [7, 11) is 3.22. The monoisotopic (exact) mass is 315 g/mol. The molecule has 1 heterocycles. The Bertz CT molecular complexity index is 665. The third kappa shape index (κ3) is 4.32. The van der Waals surface area contributed by atoms with E-state index in [-0.39, 0.29) is 24.9 Å². The molecule has 0 radical (unpaired) electrons. The van der Waals surface area contributed by atoms with E-state index in [1.54, 1.807) is 32.4 Å². The lowest BCUT2D eigenvalue weighted by molar-refractivity contribution is -0.115. The number of anilines is 1. The molecule has 0 unspecified atom stereocenters. The smallest absolute Gasteiger partial charge is 0.408 e. The van der Waals surface area contributed by atoms with E-state index in [0.717, 1.165) is 0 Å². The summed E-state index contributed by atoms with van der Waals surface area (Å²) in [4.78, 5) is 23.1. The Morgan fingerprint density at radius 2 is 2.19 bits per heavy atom. The minimum Gasteiger partial charge on any atom is -0.408 e. The maximum atomic E-state index is 11.7. The van der Waals surface area contributed by atoms with Crippen molar-refractivity contribution in [3.8, 4) is 0 Å². The van der Waals surface area contributed by atoms with Crippen LogP contribution in [0.4, 0.5) is 5.69 Å². The number of nitrogens with zero attached hydrogens (tertiary/aromatic N) is 1. The van der Waals surface area contributed by atoms with Gasteiger partial charge in [0.1, 0.15) is 0 Å². The van der Waals surface area contributed by atoms with Gasteiger partial charge in [-0.1, -0.05) is 0 Å². The summed E-state index contributed by atoms with van der Waals surface area (Å²) in [6, 6.07) is 5.05. The molecule has 21 heavy (non-hydrogen) atoms. The van der Waals surface area contributed by atoms with Crippen molar-refractivity contribution in [1.29, 1.82) is 0 Å². The zero-order chi connectivity index (χ0) is 14.5. The van der Waals surface area contributed by atoms with Crippen LogP contribution in [0.1, 0.15) is 0 Å². The Labute approximate surface area is 127 Å². The van der Waals surface area contributed by atoms with Gasteiger partial charge < -0.3 is 19.8 Å². The second-order valence-corrected chi connectivity index (χ2v) is 4.33. The minimum atomic E-state index is -0.426. The molecular weight excluding hydrogens is 298 g/mol. The highest BCUT2D eigenvalue weighted by Gasteiger charge is 2.08. The molecule has 0 aliphatic heterocycles. The Morgan fingerprint density at radius 3 is 2.90 bits per heavy atom. The van der Waals surface area contributed by atoms with E-state index < -0.39 is 5.76 Å². The normalized spacial score (nSPS) is 10.4. The van der Waals surface area contributed by atoms with E-state index in [4.69, 9.17) is 9.15 Å². The predicted molar refractivity (Wildman–Crippen MR) is 82.1 cm³/mol. The zero-order valence-corrected chi connectivity index (χ0v) is 12.7. The van der Waals surface area contributed by atoms with Gasteiger partial charge in [-0.25, -0.2) is 4.79 Å². The third-order valence-corrected chi connectivity index (χ3v) is 2.84. The van der Waals surface area contributed by atoms with Gasteiger partial charge in [0.2, 0.25) is 5.91 Å². The molecule has 7 nitrogen and oxygen atoms in total. The summed E-state index contributed by atoms with van der Waals surface area (Å²) in [6.45, 7) is 1.36. The number of amides is 1. The molecule has 0 atom stereocenters. The van der Waals surface area contributed by atoms with Gasteiger partial charge in [-0.3, -0.25) is 9.36 Å². The quantitative estimate of drug-likeness (QED) is 0.768. The first-order valence-electron chi connectivity index (χ1n) is 6.21. The molecule has 0 spiro atoms. The Balaban J connectivity index is 0.00000220. The van der Waals surface area contributed by atoms with Crippen molar-refractivity contribution in [2.75, 3.05) is 32.1 Å². The minimum absolute atomic E-state index is 0. The molecule has 2 N–H and O–H groups in total. The number of ether oxygens (including phenoxy) is 1. The van der Waals surface area contributed by atoms with Gasteiger partial charge in [0.25, 0.3) is 0 Å². The zero-order valence-electron chi connectivity index (χ0n) is 11.8. The van der Waals surface area contributed by atoms with Crippen LogP contribution in [-0.2, 0) is 16.6 Å². The molecule has 0 aliphatic carbocycles. The lowest BCUT2D eigenvalue weighted by atomic mass is 10.3. The number of carbonyl (C=O) groups excluding carboxylic acids is 1. The number of methoxy groups -OCH3 is 1. The highest BCUT2D eigenvalue weighted by Crippen LogP contribution is 2.17. The van der Waals surface area contributed by atoms with Crippen LogP contribution in [0.2, 0.25) is 0 Å². The van der Waals surface area contributed by atoms with Gasteiger partial charge in [-0.15, -0.1) is 12.4 Å². The summed E-state index contributed by atoms with van der Waals surface area (Å²) in [5.74, 6) is -0.585. The van der Waals surface area contributed by atoms with E-state index >= 15 is 0 Å². The van der Waals surface area contributed by atoms with Crippen LogP contribution in [0.5, 0.6) is 0 Å². The molecule has 2 aromatic rings. The number of fused-ring (bicyclic) bond motifs is 1. The fraction of sp³-hybridized carbons (Fsp3) is 0.385. The van der Waals surface area contributed by atoms with Crippen molar-refractivity contribution < 1.29 is 13.9 Å². The lowest BCUT2D eigenvalue weighted by Gasteiger charge is -2.06. The van der Waals surface area contributed by atoms with Crippen LogP contribution < -0.4 is 16.4 Å². The topological polar surface area (TPSA) is 85.5 Å². The van der Waals surface area contributed by atoms with Crippen LogP contribution in [0, 0.1) is 0 Å². The number of nitrogens with one attached hydrogen (secondary N) is 2. The summed E-state index contributed by atoms with van der Waals surface area (Å²) in [5, 5.41) is 5.70. The first-order chi connectivity index (χ1) is 9.61. The number of aromatic nitrogens is 1. The fourth-order valence-electron chi connectivity index (χ4n) is 1.79. The van der Waals surface area contributed by atoms with Crippen LogP contribution >= 0.6 is 12.4 Å². The summed E-state index contributed by atoms with van der Waals surface area (Å²) in [5.41, 5.74) is 1.75. The fourth-order valence-corrected chi connectivity index (χ4v) is 1.79. The number of hydrogen-bond acceptors (Lipinski definition) is 5. The SMILES string of the molecule is COCCNCC(=O)Nc1ccc2oc(=O)n(C)c2c1.Cl. The van der Waals surface area contributed by atoms with Gasteiger partial charge in [0, 0.05) is 26.4 Å². The molecule has 0 bridgehead atoms. The van der Waals surface area contributed by atoms with Crippen molar-refractivity contribution in [2.45, 2.75) is 0 Å². The predicted octanol–water partition coefficient (Wildman–Crippen LogP) is 0.728. The number of oxazole rings is 1. The van der Waals surface area contributed by atoms with Crippen molar-refractivity contribution in [3.63, 3.8) is 0 Å². The largest absolute Gasteiger partial charge is 0.419 e. The second kappa shape index (κ2) is 7.82. The highest BCUT2D eigenvalue weighted by atomic mass is 35.5. The van der Waals surface area contributed by atoms with E-state index in [0.29, 0.717) is 29.9 Å². The van der Waals surface area contributed by atoms with E-state index in [9.17, 15) is 9.59 Å². The average molecular weight is 316 g/mol. The molecule has 0 fully saturated rings. The Morgan fingerprint density at radius 1 is 1.43 bits per heavy atom. The number of aryl methyl sites for hydroxylation is 1. The van der Waals surface area contributed by atoms with Crippen LogP contribution in [0.15, 0.2) is 27.4 Å².